The summed E-state index contributed by atoms with van der Waals surface area (Å²) in [4.78, 5) is 25.6. The molecule has 3 aromatic carbocycles. The van der Waals surface area contributed by atoms with Crippen LogP contribution in [0.15, 0.2) is 70.0 Å². The number of nitro groups is 1. The van der Waals surface area contributed by atoms with Crippen molar-refractivity contribution in [2.45, 2.75) is 13.5 Å². The first-order valence-electron chi connectivity index (χ1n) is 10.6. The van der Waals surface area contributed by atoms with Crippen molar-refractivity contribution in [2.75, 3.05) is 11.5 Å². The molecule has 1 heterocycles. The fourth-order valence-electron chi connectivity index (χ4n) is 3.39. The van der Waals surface area contributed by atoms with Crippen LogP contribution >= 0.6 is 51.5 Å². The van der Waals surface area contributed by atoms with Crippen molar-refractivity contribution in [3.8, 4) is 11.5 Å². The molecule has 0 atom stereocenters. The van der Waals surface area contributed by atoms with Gasteiger partial charge in [-0.05, 0) is 70.4 Å². The van der Waals surface area contributed by atoms with Crippen molar-refractivity contribution in [1.82, 2.24) is 0 Å². The van der Waals surface area contributed by atoms with E-state index in [0.717, 1.165) is 10.0 Å². The number of thiocarbonyl (C=S) groups is 1. The van der Waals surface area contributed by atoms with Gasteiger partial charge in [0.15, 0.2) is 15.8 Å². The quantitative estimate of drug-likeness (QED) is 0.115. The van der Waals surface area contributed by atoms with Crippen LogP contribution < -0.4 is 14.4 Å². The number of nitrogens with zero attached hydrogens (tertiary/aromatic N) is 2. The van der Waals surface area contributed by atoms with Crippen molar-refractivity contribution < 1.29 is 19.2 Å². The third-order valence-electron chi connectivity index (χ3n) is 5.04. The first kappa shape index (κ1) is 26.2. The maximum atomic E-state index is 13.1. The standard InChI is InChI=1S/C25H18BrClN2O5S2/c1-2-33-22-11-15(6-9-21(22)34-14-16-4-3-5-18(10-16)29(31)32)12-23-24(30)28(25(35)36-23)17-7-8-19(26)20(27)13-17/h3-13H,2,14H2,1H3/b23-12+. The minimum absolute atomic E-state index is 0.000739. The van der Waals surface area contributed by atoms with Crippen LogP contribution in [-0.2, 0) is 11.4 Å². The Labute approximate surface area is 230 Å². The molecule has 1 aliphatic rings. The van der Waals surface area contributed by atoms with Crippen molar-refractivity contribution in [3.63, 3.8) is 0 Å². The smallest absolute Gasteiger partial charge is 0.270 e. The van der Waals surface area contributed by atoms with Crippen LogP contribution in [0.4, 0.5) is 11.4 Å². The Kier molecular flexibility index (Phi) is 8.30. The number of carbonyl (C=O) groups is 1. The van der Waals surface area contributed by atoms with E-state index >= 15 is 0 Å². The average Bonchev–Trinajstić information content (AvgIpc) is 3.13. The van der Waals surface area contributed by atoms with Crippen LogP contribution in [0.5, 0.6) is 11.5 Å². The summed E-state index contributed by atoms with van der Waals surface area (Å²) in [5.74, 6) is 0.733. The van der Waals surface area contributed by atoms with Gasteiger partial charge in [0.25, 0.3) is 11.6 Å². The van der Waals surface area contributed by atoms with E-state index in [4.69, 9.17) is 33.3 Å². The Morgan fingerprint density at radius 1 is 1.14 bits per heavy atom. The third kappa shape index (κ3) is 5.89. The van der Waals surface area contributed by atoms with Gasteiger partial charge in [0.1, 0.15) is 6.61 Å². The van der Waals surface area contributed by atoms with E-state index in [0.29, 0.717) is 43.6 Å². The summed E-state index contributed by atoms with van der Waals surface area (Å²) in [6.45, 7) is 2.39. The molecule has 0 radical (unpaired) electrons. The Morgan fingerprint density at radius 2 is 1.94 bits per heavy atom. The summed E-state index contributed by atoms with van der Waals surface area (Å²) in [7, 11) is 0. The van der Waals surface area contributed by atoms with Crippen LogP contribution in [0.3, 0.4) is 0 Å². The van der Waals surface area contributed by atoms with Crippen molar-refractivity contribution in [3.05, 3.63) is 96.3 Å². The average molecular weight is 606 g/mol. The lowest BCUT2D eigenvalue weighted by molar-refractivity contribution is -0.384. The fourth-order valence-corrected chi connectivity index (χ4v) is 5.11. The van der Waals surface area contributed by atoms with E-state index in [2.05, 4.69) is 15.9 Å². The highest BCUT2D eigenvalue weighted by Crippen LogP contribution is 2.39. The summed E-state index contributed by atoms with van der Waals surface area (Å²) in [5.41, 5.74) is 1.98. The highest BCUT2D eigenvalue weighted by molar-refractivity contribution is 9.10. The van der Waals surface area contributed by atoms with Crippen LogP contribution in [0.25, 0.3) is 6.08 Å². The number of nitro benzene ring substituents is 1. The first-order chi connectivity index (χ1) is 17.3. The predicted octanol–water partition coefficient (Wildman–Crippen LogP) is 7.39. The van der Waals surface area contributed by atoms with Gasteiger partial charge in [0.05, 0.1) is 27.1 Å². The topological polar surface area (TPSA) is 81.9 Å². The predicted molar refractivity (Wildman–Crippen MR) is 150 cm³/mol. The van der Waals surface area contributed by atoms with Gasteiger partial charge in [0.2, 0.25) is 0 Å². The number of anilines is 1. The van der Waals surface area contributed by atoms with Crippen LogP contribution in [-0.4, -0.2) is 21.8 Å². The van der Waals surface area contributed by atoms with Gasteiger partial charge in [-0.2, -0.15) is 0 Å². The molecular formula is C25H18BrClN2O5S2. The Balaban J connectivity index is 1.55. The molecule has 4 rings (SSSR count). The molecule has 7 nitrogen and oxygen atoms in total. The SMILES string of the molecule is CCOc1cc(/C=C2/SC(=S)N(c3ccc(Br)c(Cl)c3)C2=O)ccc1OCc1cccc([N+](=O)[O-])c1. The molecule has 11 heteroatoms. The second-order valence-electron chi connectivity index (χ2n) is 7.47. The number of hydrogen-bond donors (Lipinski definition) is 0. The van der Waals surface area contributed by atoms with Gasteiger partial charge in [-0.25, -0.2) is 0 Å². The number of halogens is 2. The molecule has 0 aliphatic carbocycles. The number of non-ortho nitro benzene ring substituents is 1. The summed E-state index contributed by atoms with van der Waals surface area (Å²) >= 11 is 16.2. The van der Waals surface area contributed by atoms with Crippen molar-refractivity contribution in [1.29, 1.82) is 0 Å². The van der Waals surface area contributed by atoms with E-state index in [1.54, 1.807) is 54.6 Å². The lowest BCUT2D eigenvalue weighted by Gasteiger charge is -2.15. The maximum absolute atomic E-state index is 13.1. The molecule has 0 aromatic heterocycles. The highest BCUT2D eigenvalue weighted by atomic mass is 79.9. The zero-order valence-electron chi connectivity index (χ0n) is 18.8. The minimum atomic E-state index is -0.447. The second-order valence-corrected chi connectivity index (χ2v) is 10.4. The van der Waals surface area contributed by atoms with E-state index in [9.17, 15) is 14.9 Å². The Bertz CT molecular complexity index is 1400. The van der Waals surface area contributed by atoms with E-state index in [1.165, 1.54) is 28.8 Å². The summed E-state index contributed by atoms with van der Waals surface area (Å²) in [6, 6.07) is 16.8. The number of benzene rings is 3. The van der Waals surface area contributed by atoms with E-state index < -0.39 is 4.92 Å². The molecule has 36 heavy (non-hydrogen) atoms. The number of hydrogen-bond acceptors (Lipinski definition) is 7. The lowest BCUT2D eigenvalue weighted by atomic mass is 10.1. The van der Waals surface area contributed by atoms with Gasteiger partial charge in [-0.3, -0.25) is 19.8 Å². The largest absolute Gasteiger partial charge is 0.490 e. The van der Waals surface area contributed by atoms with Gasteiger partial charge >= 0.3 is 0 Å². The first-order valence-corrected chi connectivity index (χ1v) is 13.0. The number of rotatable bonds is 8. The molecule has 1 fully saturated rings. The zero-order chi connectivity index (χ0) is 25.8. The second kappa shape index (κ2) is 11.4. The molecule has 184 valence electrons. The van der Waals surface area contributed by atoms with Crippen LogP contribution in [0, 0.1) is 10.1 Å². The van der Waals surface area contributed by atoms with Crippen LogP contribution in [0.2, 0.25) is 5.02 Å². The third-order valence-corrected chi connectivity index (χ3v) is 7.57. The molecular weight excluding hydrogens is 588 g/mol. The maximum Gasteiger partial charge on any atom is 0.270 e. The number of amides is 1. The zero-order valence-corrected chi connectivity index (χ0v) is 22.7. The van der Waals surface area contributed by atoms with E-state index in [1.807, 2.05) is 6.92 Å². The van der Waals surface area contributed by atoms with Gasteiger partial charge < -0.3 is 9.47 Å². The summed E-state index contributed by atoms with van der Waals surface area (Å²) < 4.78 is 12.8. The van der Waals surface area contributed by atoms with Crippen molar-refractivity contribution in [2.24, 2.45) is 0 Å². The van der Waals surface area contributed by atoms with Gasteiger partial charge in [-0.15, -0.1) is 0 Å². The highest BCUT2D eigenvalue weighted by Gasteiger charge is 2.33. The molecule has 0 N–H and O–H groups in total. The summed E-state index contributed by atoms with van der Waals surface area (Å²) in [5, 5.41) is 11.5. The minimum Gasteiger partial charge on any atom is -0.490 e. The Morgan fingerprint density at radius 3 is 2.67 bits per heavy atom. The molecule has 0 unspecified atom stereocenters. The van der Waals surface area contributed by atoms with Gasteiger partial charge in [0, 0.05) is 16.6 Å². The molecule has 1 aliphatic heterocycles. The molecule has 0 saturated carbocycles. The monoisotopic (exact) mass is 604 g/mol. The Hall–Kier alpha value is -2.92. The fraction of sp³-hybridized carbons (Fsp3) is 0.120. The van der Waals surface area contributed by atoms with Gasteiger partial charge in [-0.1, -0.05) is 53.8 Å². The van der Waals surface area contributed by atoms with Crippen LogP contribution in [0.1, 0.15) is 18.1 Å². The lowest BCUT2D eigenvalue weighted by Crippen LogP contribution is -2.27. The number of carbonyl (C=O) groups excluding carboxylic acids is 1. The molecule has 3 aromatic rings. The van der Waals surface area contributed by atoms with Crippen molar-refractivity contribution >= 4 is 79.2 Å². The summed E-state index contributed by atoms with van der Waals surface area (Å²) in [6.07, 6.45) is 1.74. The van der Waals surface area contributed by atoms with E-state index in [-0.39, 0.29) is 18.2 Å². The molecule has 0 bridgehead atoms. The molecule has 1 amide bonds. The molecule has 0 spiro atoms. The number of ether oxygens (including phenoxy) is 2. The normalized spacial score (nSPS) is 14.4. The number of thioether (sulfide) groups is 1. The molecule has 1 saturated heterocycles.